The summed E-state index contributed by atoms with van der Waals surface area (Å²) in [5, 5.41) is 0. The molecule has 2 heterocycles. The van der Waals surface area contributed by atoms with Crippen LogP contribution in [0.2, 0.25) is 0 Å². The number of hydrogen-bond donors (Lipinski definition) is 1. The molecule has 1 fully saturated rings. The van der Waals surface area contributed by atoms with E-state index >= 15 is 0 Å². The Morgan fingerprint density at radius 3 is 2.95 bits per heavy atom. The molecule has 5 nitrogen and oxygen atoms in total. The number of para-hydroxylation sites is 2. The summed E-state index contributed by atoms with van der Waals surface area (Å²) in [6.45, 7) is 3.54. The van der Waals surface area contributed by atoms with Gasteiger partial charge in [-0.25, -0.2) is 0 Å². The number of hydrogen-bond acceptors (Lipinski definition) is 2. The summed E-state index contributed by atoms with van der Waals surface area (Å²) in [4.78, 5) is 20.9. The van der Waals surface area contributed by atoms with Crippen LogP contribution < -0.4 is 4.48 Å². The zero-order chi connectivity index (χ0) is 13.3. The number of nitrogens with one attached hydrogen (secondary N) is 1. The van der Waals surface area contributed by atoms with Gasteiger partial charge in [-0.15, -0.1) is 0 Å². The van der Waals surface area contributed by atoms with Crippen molar-refractivity contribution >= 4 is 23.4 Å². The summed E-state index contributed by atoms with van der Waals surface area (Å²) in [6, 6.07) is 8.09. The third kappa shape index (κ3) is 2.21. The fourth-order valence-corrected chi connectivity index (χ4v) is 2.71. The molecule has 1 saturated heterocycles. The summed E-state index contributed by atoms with van der Waals surface area (Å²) >= 11 is 0. The number of quaternary nitrogens is 1. The average Bonchev–Trinajstić information content (AvgIpc) is 2.78. The second-order valence-corrected chi connectivity index (χ2v) is 5.42. The van der Waals surface area contributed by atoms with Crippen molar-refractivity contribution in [3.63, 3.8) is 0 Å². The number of amides is 1. The second-order valence-electron chi connectivity index (χ2n) is 5.42. The number of benzene rings is 1. The predicted molar refractivity (Wildman–Crippen MR) is 75.8 cm³/mol. The van der Waals surface area contributed by atoms with Crippen molar-refractivity contribution in [3.8, 4) is 0 Å². The number of H-pyrrole nitrogens is 1. The maximum absolute atomic E-state index is 10.9. The molecule has 3 rings (SSSR count). The Hall–Kier alpha value is -1.88. The highest BCUT2D eigenvalue weighted by molar-refractivity contribution is 5.77. The van der Waals surface area contributed by atoms with Gasteiger partial charge in [-0.1, -0.05) is 12.1 Å². The van der Waals surface area contributed by atoms with E-state index in [0.717, 1.165) is 60.5 Å². The Morgan fingerprint density at radius 2 is 2.16 bits per heavy atom. The minimum absolute atomic E-state index is 0.763. The normalized spacial score (nSPS) is 24.4. The highest BCUT2D eigenvalue weighted by atomic mass is 16.1. The van der Waals surface area contributed by atoms with Crippen LogP contribution in [-0.4, -0.2) is 54.5 Å². The van der Waals surface area contributed by atoms with E-state index in [9.17, 15) is 4.79 Å². The number of imidazole rings is 1. The molecule has 1 unspecified atom stereocenters. The van der Waals surface area contributed by atoms with Crippen molar-refractivity contribution in [1.29, 1.82) is 0 Å². The third-order valence-corrected chi connectivity index (χ3v) is 4.01. The molecule has 2 aromatic rings. The summed E-state index contributed by atoms with van der Waals surface area (Å²) < 4.78 is 0.763. The van der Waals surface area contributed by atoms with Crippen molar-refractivity contribution < 1.29 is 4.79 Å². The van der Waals surface area contributed by atoms with Crippen LogP contribution in [0, 0.1) is 0 Å². The number of aromatic nitrogens is 2. The third-order valence-electron chi connectivity index (χ3n) is 4.01. The van der Waals surface area contributed by atoms with Gasteiger partial charge in [0.2, 0.25) is 6.41 Å². The zero-order valence-electron chi connectivity index (χ0n) is 11.2. The van der Waals surface area contributed by atoms with Crippen LogP contribution in [-0.2, 0) is 4.79 Å². The van der Waals surface area contributed by atoms with E-state index in [2.05, 4.69) is 12.0 Å². The Balaban J connectivity index is 1.92. The van der Waals surface area contributed by atoms with Crippen LogP contribution >= 0.6 is 0 Å². The molecule has 1 amide bonds. The molecule has 100 valence electrons. The molecule has 0 aliphatic carbocycles. The predicted octanol–water partition coefficient (Wildman–Crippen LogP) is 1.36. The summed E-state index contributed by atoms with van der Waals surface area (Å²) in [6.07, 6.45) is 1.96. The maximum atomic E-state index is 10.9. The van der Waals surface area contributed by atoms with Gasteiger partial charge in [-0.05, 0) is 12.1 Å². The van der Waals surface area contributed by atoms with Gasteiger partial charge in [0, 0.05) is 13.0 Å². The smallest absolute Gasteiger partial charge is 0.307 e. The highest BCUT2D eigenvalue weighted by Gasteiger charge is 2.31. The largest absolute Gasteiger partial charge is 0.339 e. The first-order chi connectivity index (χ1) is 9.21. The quantitative estimate of drug-likeness (QED) is 0.654. The van der Waals surface area contributed by atoms with Crippen LogP contribution in [0.5, 0.6) is 0 Å². The summed E-state index contributed by atoms with van der Waals surface area (Å²) in [5.41, 5.74) is 2.08. The number of carbonyl (C=O) groups is 1. The van der Waals surface area contributed by atoms with Crippen LogP contribution in [0.25, 0.3) is 11.0 Å². The maximum Gasteiger partial charge on any atom is 0.307 e. The first-order valence-electron chi connectivity index (χ1n) is 6.70. The van der Waals surface area contributed by atoms with Gasteiger partial charge >= 0.3 is 5.95 Å². The van der Waals surface area contributed by atoms with Gasteiger partial charge in [0.1, 0.15) is 6.54 Å². The number of carbonyl (C=O) groups excluding carboxylic acids is 1. The number of aromatic amines is 1. The van der Waals surface area contributed by atoms with Crippen molar-refractivity contribution in [2.45, 2.75) is 6.42 Å². The molecule has 0 spiro atoms. The lowest BCUT2D eigenvalue weighted by Gasteiger charge is -2.29. The Kier molecular flexibility index (Phi) is 2.98. The molecule has 19 heavy (non-hydrogen) atoms. The first kappa shape index (κ1) is 12.2. The molecule has 1 aliphatic heterocycles. The van der Waals surface area contributed by atoms with Gasteiger partial charge in [0.25, 0.3) is 0 Å². The molecule has 1 N–H and O–H groups in total. The van der Waals surface area contributed by atoms with Gasteiger partial charge in [0.05, 0.1) is 31.2 Å². The van der Waals surface area contributed by atoms with E-state index < -0.39 is 0 Å². The average molecular weight is 259 g/mol. The van der Waals surface area contributed by atoms with Crippen molar-refractivity contribution in [1.82, 2.24) is 19.4 Å². The van der Waals surface area contributed by atoms with Crippen molar-refractivity contribution in [3.05, 3.63) is 24.3 Å². The topological polar surface area (TPSA) is 49.0 Å². The monoisotopic (exact) mass is 259 g/mol. The molecule has 1 aliphatic rings. The second kappa shape index (κ2) is 4.66. The SMILES string of the molecule is C[N+]1(c2nc3ccccc3[nH]2)CCCN(C=O)CC1. The minimum atomic E-state index is 0.763. The van der Waals surface area contributed by atoms with E-state index in [4.69, 9.17) is 4.98 Å². The Bertz CT molecular complexity index is 561. The number of fused-ring (bicyclic) bond motifs is 1. The minimum Gasteiger partial charge on any atom is -0.339 e. The van der Waals surface area contributed by atoms with Gasteiger partial charge < -0.3 is 4.90 Å². The van der Waals surface area contributed by atoms with Crippen molar-refractivity contribution in [2.75, 3.05) is 33.2 Å². The fourth-order valence-electron chi connectivity index (χ4n) is 2.71. The molecule has 1 aromatic carbocycles. The molecular formula is C14H19N4O+. The molecular weight excluding hydrogens is 240 g/mol. The van der Waals surface area contributed by atoms with Crippen molar-refractivity contribution in [2.24, 2.45) is 0 Å². The molecule has 5 heteroatoms. The fraction of sp³-hybridized carbons (Fsp3) is 0.429. The molecule has 1 atom stereocenters. The first-order valence-corrected chi connectivity index (χ1v) is 6.70. The van der Waals surface area contributed by atoms with Gasteiger partial charge in [-0.3, -0.25) is 14.3 Å². The van der Waals surface area contributed by atoms with E-state index in [1.165, 1.54) is 0 Å². The molecule has 0 bridgehead atoms. The number of nitrogens with zero attached hydrogens (tertiary/aromatic N) is 3. The van der Waals surface area contributed by atoms with E-state index in [0.29, 0.717) is 0 Å². The summed E-state index contributed by atoms with van der Waals surface area (Å²) in [5.74, 6) is 0.994. The van der Waals surface area contributed by atoms with Crippen LogP contribution in [0.1, 0.15) is 6.42 Å². The standard InChI is InChI=1S/C14H19N4O/c1-18(9-4-7-17(11-19)8-10-18)14-15-12-5-2-3-6-13(12)16-14/h2-3,5-6,11H,4,7-10H2,1H3,(H,15,16)/q+1. The van der Waals surface area contributed by atoms with Crippen LogP contribution in [0.3, 0.4) is 0 Å². The lowest BCUT2D eigenvalue weighted by molar-refractivity contribution is -0.118. The molecule has 0 radical (unpaired) electrons. The van der Waals surface area contributed by atoms with E-state index in [1.54, 1.807) is 0 Å². The van der Waals surface area contributed by atoms with Gasteiger partial charge in [0.15, 0.2) is 0 Å². The number of likely N-dealkylation sites (N-methyl/N-ethyl adjacent to an activating group) is 1. The molecule has 0 saturated carbocycles. The summed E-state index contributed by atoms with van der Waals surface area (Å²) in [7, 11) is 2.19. The van der Waals surface area contributed by atoms with Crippen LogP contribution in [0.15, 0.2) is 24.3 Å². The van der Waals surface area contributed by atoms with E-state index in [1.807, 2.05) is 29.2 Å². The number of rotatable bonds is 2. The van der Waals surface area contributed by atoms with Crippen LogP contribution in [0.4, 0.5) is 5.95 Å². The Labute approximate surface area is 112 Å². The zero-order valence-corrected chi connectivity index (χ0v) is 11.2. The van der Waals surface area contributed by atoms with Gasteiger partial charge in [-0.2, -0.15) is 4.98 Å². The highest BCUT2D eigenvalue weighted by Crippen LogP contribution is 2.23. The van der Waals surface area contributed by atoms with E-state index in [-0.39, 0.29) is 0 Å². The lowest BCUT2D eigenvalue weighted by Crippen LogP contribution is -2.48. The Morgan fingerprint density at radius 1 is 1.32 bits per heavy atom. The molecule has 1 aromatic heterocycles. The lowest BCUT2D eigenvalue weighted by atomic mass is 10.3.